The number of nitrogens with one attached hydrogen (secondary N) is 1. The number of benzene rings is 1. The van der Waals surface area contributed by atoms with Gasteiger partial charge in [0.1, 0.15) is 0 Å². The molecule has 0 aromatic heterocycles. The third-order valence-corrected chi connectivity index (χ3v) is 4.24. The highest BCUT2D eigenvalue weighted by Crippen LogP contribution is 2.45. The van der Waals surface area contributed by atoms with E-state index in [-0.39, 0.29) is 5.82 Å². The Labute approximate surface area is 101 Å². The molecule has 0 radical (unpaired) electrons. The van der Waals surface area contributed by atoms with Crippen LogP contribution in [0.2, 0.25) is 0 Å². The third-order valence-electron chi connectivity index (χ3n) is 4.24. The van der Waals surface area contributed by atoms with Crippen LogP contribution in [0.25, 0.3) is 0 Å². The van der Waals surface area contributed by atoms with Crippen molar-refractivity contribution in [2.24, 2.45) is 11.8 Å². The summed E-state index contributed by atoms with van der Waals surface area (Å²) in [6.07, 6.45) is 5.33. The van der Waals surface area contributed by atoms with E-state index in [1.165, 1.54) is 38.9 Å². The molecule has 2 aliphatic rings. The quantitative estimate of drug-likeness (QED) is 0.866. The Kier molecular flexibility index (Phi) is 2.69. The summed E-state index contributed by atoms with van der Waals surface area (Å²) >= 11 is 0. The van der Waals surface area contributed by atoms with Gasteiger partial charge >= 0.3 is 0 Å². The minimum Gasteiger partial charge on any atom is -0.494 e. The van der Waals surface area contributed by atoms with Crippen LogP contribution in [-0.2, 0) is 0 Å². The topological polar surface area (TPSA) is 21.3 Å². The molecule has 2 nitrogen and oxygen atoms in total. The monoisotopic (exact) mass is 235 g/mol. The molecule has 1 N–H and O–H groups in total. The van der Waals surface area contributed by atoms with Gasteiger partial charge in [0.2, 0.25) is 0 Å². The van der Waals surface area contributed by atoms with Gasteiger partial charge in [-0.25, -0.2) is 4.39 Å². The highest BCUT2D eigenvalue weighted by atomic mass is 19.1. The van der Waals surface area contributed by atoms with Crippen molar-refractivity contribution in [1.29, 1.82) is 0 Å². The molecule has 0 aliphatic heterocycles. The minimum absolute atomic E-state index is 0.291. The molecular formula is C14H18FNO. The summed E-state index contributed by atoms with van der Waals surface area (Å²) in [6, 6.07) is 5.66. The van der Waals surface area contributed by atoms with Crippen molar-refractivity contribution in [3.63, 3.8) is 0 Å². The highest BCUT2D eigenvalue weighted by Gasteiger charge is 2.39. The number of rotatable bonds is 3. The van der Waals surface area contributed by atoms with Gasteiger partial charge in [-0.3, -0.25) is 0 Å². The molecule has 0 spiro atoms. The molecule has 2 bridgehead atoms. The van der Waals surface area contributed by atoms with Gasteiger partial charge in [-0.05, 0) is 43.2 Å². The molecule has 3 heteroatoms. The number of anilines is 1. The van der Waals surface area contributed by atoms with E-state index >= 15 is 0 Å². The zero-order valence-electron chi connectivity index (χ0n) is 10.1. The van der Waals surface area contributed by atoms with Crippen molar-refractivity contribution in [2.45, 2.75) is 31.7 Å². The Morgan fingerprint density at radius 2 is 2.18 bits per heavy atom. The van der Waals surface area contributed by atoms with E-state index in [9.17, 15) is 4.39 Å². The maximum atomic E-state index is 13.5. The van der Waals surface area contributed by atoms with Crippen LogP contribution < -0.4 is 10.1 Å². The molecule has 1 aromatic carbocycles. The van der Waals surface area contributed by atoms with Crippen molar-refractivity contribution in [1.82, 2.24) is 0 Å². The second-order valence-corrected chi connectivity index (χ2v) is 5.28. The average molecular weight is 235 g/mol. The largest absolute Gasteiger partial charge is 0.494 e. The molecule has 0 saturated heterocycles. The van der Waals surface area contributed by atoms with Crippen LogP contribution in [0.15, 0.2) is 18.2 Å². The summed E-state index contributed by atoms with van der Waals surface area (Å²) in [4.78, 5) is 0. The number of hydrogen-bond donors (Lipinski definition) is 1. The van der Waals surface area contributed by atoms with Gasteiger partial charge in [-0.1, -0.05) is 6.42 Å². The normalized spacial score (nSPS) is 30.6. The first-order valence-corrected chi connectivity index (χ1v) is 6.36. The Morgan fingerprint density at radius 1 is 1.29 bits per heavy atom. The van der Waals surface area contributed by atoms with Crippen LogP contribution >= 0.6 is 0 Å². The van der Waals surface area contributed by atoms with Gasteiger partial charge in [-0.15, -0.1) is 0 Å². The Bertz CT molecular complexity index is 421. The molecule has 1 aromatic rings. The smallest absolute Gasteiger partial charge is 0.167 e. The predicted molar refractivity (Wildman–Crippen MR) is 65.8 cm³/mol. The lowest BCUT2D eigenvalue weighted by molar-refractivity contribution is 0.386. The van der Waals surface area contributed by atoms with Crippen molar-refractivity contribution in [3.05, 3.63) is 24.0 Å². The lowest BCUT2D eigenvalue weighted by Crippen LogP contribution is -2.25. The first-order chi connectivity index (χ1) is 8.26. The van der Waals surface area contributed by atoms with E-state index in [2.05, 4.69) is 5.32 Å². The summed E-state index contributed by atoms with van der Waals surface area (Å²) in [5, 5.41) is 3.47. The van der Waals surface area contributed by atoms with Gasteiger partial charge in [0, 0.05) is 17.8 Å². The fraction of sp³-hybridized carbons (Fsp3) is 0.571. The zero-order chi connectivity index (χ0) is 11.8. The molecule has 2 aliphatic carbocycles. The predicted octanol–water partition coefficient (Wildman–Crippen LogP) is 3.43. The summed E-state index contributed by atoms with van der Waals surface area (Å²) in [7, 11) is 1.49. The second kappa shape index (κ2) is 4.21. The number of halogens is 1. The van der Waals surface area contributed by atoms with Crippen LogP contribution in [0.1, 0.15) is 25.7 Å². The maximum Gasteiger partial charge on any atom is 0.167 e. The third kappa shape index (κ3) is 1.99. The van der Waals surface area contributed by atoms with E-state index in [0.717, 1.165) is 17.5 Å². The van der Waals surface area contributed by atoms with Crippen LogP contribution in [0.4, 0.5) is 10.1 Å². The van der Waals surface area contributed by atoms with E-state index in [4.69, 9.17) is 4.74 Å². The lowest BCUT2D eigenvalue weighted by Gasteiger charge is -2.24. The Balaban J connectivity index is 1.71. The van der Waals surface area contributed by atoms with Crippen LogP contribution in [0, 0.1) is 17.7 Å². The summed E-state index contributed by atoms with van der Waals surface area (Å²) < 4.78 is 18.5. The number of ether oxygens (including phenoxy) is 1. The molecule has 2 saturated carbocycles. The van der Waals surface area contributed by atoms with Crippen LogP contribution in [-0.4, -0.2) is 13.2 Å². The van der Waals surface area contributed by atoms with Crippen LogP contribution in [0.3, 0.4) is 0 Å². The summed E-state index contributed by atoms with van der Waals surface area (Å²) in [6.45, 7) is 0. The fourth-order valence-electron chi connectivity index (χ4n) is 3.39. The van der Waals surface area contributed by atoms with Gasteiger partial charge in [0.15, 0.2) is 11.6 Å². The number of fused-ring (bicyclic) bond motifs is 2. The SMILES string of the molecule is COc1ccc(NC2CC3CCC2C3)cc1F. The molecule has 17 heavy (non-hydrogen) atoms. The number of methoxy groups -OCH3 is 1. The van der Waals surface area contributed by atoms with Crippen molar-refractivity contribution in [2.75, 3.05) is 12.4 Å². The Hall–Kier alpha value is -1.25. The minimum atomic E-state index is -0.291. The average Bonchev–Trinajstić information content (AvgIpc) is 2.91. The summed E-state index contributed by atoms with van der Waals surface area (Å²) in [5.74, 6) is 1.72. The van der Waals surface area contributed by atoms with E-state index in [0.29, 0.717) is 11.8 Å². The molecule has 3 rings (SSSR count). The van der Waals surface area contributed by atoms with Gasteiger partial charge in [0.25, 0.3) is 0 Å². The molecule has 3 unspecified atom stereocenters. The Morgan fingerprint density at radius 3 is 2.76 bits per heavy atom. The van der Waals surface area contributed by atoms with Gasteiger partial charge in [-0.2, -0.15) is 0 Å². The molecule has 0 heterocycles. The van der Waals surface area contributed by atoms with Gasteiger partial charge < -0.3 is 10.1 Å². The van der Waals surface area contributed by atoms with E-state index < -0.39 is 0 Å². The molecule has 0 amide bonds. The maximum absolute atomic E-state index is 13.5. The molecule has 2 fully saturated rings. The highest BCUT2D eigenvalue weighted by molar-refractivity contribution is 5.48. The summed E-state index contributed by atoms with van der Waals surface area (Å²) in [5.41, 5.74) is 0.876. The van der Waals surface area contributed by atoms with E-state index in [1.54, 1.807) is 6.07 Å². The first-order valence-electron chi connectivity index (χ1n) is 6.36. The number of hydrogen-bond acceptors (Lipinski definition) is 2. The van der Waals surface area contributed by atoms with Gasteiger partial charge in [0.05, 0.1) is 7.11 Å². The zero-order valence-corrected chi connectivity index (χ0v) is 10.1. The molecule has 3 atom stereocenters. The van der Waals surface area contributed by atoms with Crippen molar-refractivity contribution in [3.8, 4) is 5.75 Å². The molecular weight excluding hydrogens is 217 g/mol. The van der Waals surface area contributed by atoms with Crippen molar-refractivity contribution < 1.29 is 9.13 Å². The fourth-order valence-corrected chi connectivity index (χ4v) is 3.39. The second-order valence-electron chi connectivity index (χ2n) is 5.28. The standard InChI is InChI=1S/C14H18FNO/c1-17-14-5-4-11(8-12(14)15)16-13-7-9-2-3-10(13)6-9/h4-5,8-10,13,16H,2-3,6-7H2,1H3. The first kappa shape index (κ1) is 10.9. The van der Waals surface area contributed by atoms with Crippen LogP contribution in [0.5, 0.6) is 5.75 Å². The molecule has 92 valence electrons. The van der Waals surface area contributed by atoms with Crippen molar-refractivity contribution >= 4 is 5.69 Å². The van der Waals surface area contributed by atoms with E-state index in [1.807, 2.05) is 6.07 Å². The lowest BCUT2D eigenvalue weighted by atomic mass is 9.95.